The summed E-state index contributed by atoms with van der Waals surface area (Å²) < 4.78 is 26.1. The van der Waals surface area contributed by atoms with Crippen LogP contribution in [0.3, 0.4) is 0 Å². The molecule has 2 aromatic heterocycles. The molecule has 6 heterocycles. The third kappa shape index (κ3) is 11.3. The number of aryl methyl sites for hydroxylation is 1. The number of anilines is 1. The number of fused-ring (bicyclic) bond motifs is 2. The van der Waals surface area contributed by atoms with Crippen molar-refractivity contribution in [1.82, 2.24) is 40.0 Å². The first kappa shape index (κ1) is 53.5. The number of benzene rings is 1. The van der Waals surface area contributed by atoms with Crippen molar-refractivity contribution in [3.63, 3.8) is 0 Å². The number of hydrazine groups is 1. The number of hydrogen-bond acceptors (Lipinski definition) is 12. The fourth-order valence-electron chi connectivity index (χ4n) is 10.8. The number of amides is 5. The number of carbonyl (C=O) groups is 5. The van der Waals surface area contributed by atoms with Gasteiger partial charge in [-0.1, -0.05) is 41.2 Å². The molecule has 0 unspecified atom stereocenters. The van der Waals surface area contributed by atoms with Crippen molar-refractivity contribution in [2.45, 2.75) is 116 Å². The van der Waals surface area contributed by atoms with E-state index in [4.69, 9.17) is 23.9 Å². The van der Waals surface area contributed by atoms with Gasteiger partial charge in [0, 0.05) is 97.4 Å². The molecular formula is C52H77N9O9Si. The highest BCUT2D eigenvalue weighted by atomic mass is 28.1. The van der Waals surface area contributed by atoms with Crippen molar-refractivity contribution in [3.05, 3.63) is 60.4 Å². The summed E-state index contributed by atoms with van der Waals surface area (Å²) in [6, 6.07) is 8.28. The number of ether oxygens (including phenoxy) is 4. The van der Waals surface area contributed by atoms with Crippen LogP contribution in [-0.2, 0) is 51.1 Å². The first-order valence-corrected chi connectivity index (χ1v) is 26.5. The van der Waals surface area contributed by atoms with Crippen molar-refractivity contribution in [1.29, 1.82) is 0 Å². The molecule has 19 heteroatoms. The monoisotopic (exact) mass is 1000 g/mol. The van der Waals surface area contributed by atoms with Gasteiger partial charge in [-0.05, 0) is 87.4 Å². The predicted molar refractivity (Wildman–Crippen MR) is 276 cm³/mol. The van der Waals surface area contributed by atoms with Gasteiger partial charge in [-0.2, -0.15) is 0 Å². The largest absolute Gasteiger partial charge is 0.464 e. The molecule has 5 amide bonds. The van der Waals surface area contributed by atoms with Crippen LogP contribution in [0.4, 0.5) is 10.5 Å². The maximum absolute atomic E-state index is 14.3. The van der Waals surface area contributed by atoms with Crippen LogP contribution < -0.4 is 15.6 Å². The number of pyridine rings is 1. The molecule has 18 nitrogen and oxygen atoms in total. The van der Waals surface area contributed by atoms with E-state index in [1.165, 1.54) is 16.0 Å². The molecule has 388 valence electrons. The highest BCUT2D eigenvalue weighted by Crippen LogP contribution is 2.42. The zero-order valence-corrected chi connectivity index (χ0v) is 45.6. The van der Waals surface area contributed by atoms with E-state index < -0.39 is 34.5 Å². The Balaban J connectivity index is 1.04. The third-order valence-corrected chi connectivity index (χ3v) is 15.9. The quantitative estimate of drug-likeness (QED) is 0.114. The number of rotatable bonds is 17. The van der Waals surface area contributed by atoms with Crippen LogP contribution in [0.5, 0.6) is 0 Å². The number of urea groups is 1. The summed E-state index contributed by atoms with van der Waals surface area (Å²) in [5.74, 6) is -1.75. The maximum atomic E-state index is 14.3. The maximum Gasteiger partial charge on any atom is 0.323 e. The fraction of sp³-hybridized carbons (Fsp3) is 0.615. The first-order valence-electron chi connectivity index (χ1n) is 25.5. The number of carbonyl (C=O) groups excluding carboxylic acids is 5. The SMILES string of the molecule is C=CC(=O)N1CCO[C@H]2CN(C(=O)N(C)[C@H](C(=O)N[C@@H](CC)C(=O)N3CCC[C@]([SiH3])(C(=O)OCC(C)(C)Cc4c(-c5cccnc5[C@H](C)OC)n(CC)c5ccc(N6CCOCC6)cc45)N3)C(C)C)C[C@H]21. The van der Waals surface area contributed by atoms with Crippen LogP contribution in [0.15, 0.2) is 49.2 Å². The second-order valence-corrected chi connectivity index (χ2v) is 22.5. The second kappa shape index (κ2) is 22.6. The van der Waals surface area contributed by atoms with E-state index in [1.54, 1.807) is 30.2 Å². The van der Waals surface area contributed by atoms with Gasteiger partial charge >= 0.3 is 12.0 Å². The minimum Gasteiger partial charge on any atom is -0.464 e. The lowest BCUT2D eigenvalue weighted by Gasteiger charge is -2.41. The summed E-state index contributed by atoms with van der Waals surface area (Å²) in [6.07, 6.45) is 4.42. The molecule has 0 spiro atoms. The summed E-state index contributed by atoms with van der Waals surface area (Å²) in [4.78, 5) is 81.2. The molecule has 71 heavy (non-hydrogen) atoms. The van der Waals surface area contributed by atoms with E-state index >= 15 is 0 Å². The predicted octanol–water partition coefficient (Wildman–Crippen LogP) is 3.64. The second-order valence-electron chi connectivity index (χ2n) is 20.8. The number of methoxy groups -OCH3 is 1. The molecule has 2 N–H and O–H groups in total. The van der Waals surface area contributed by atoms with E-state index in [2.05, 4.69) is 71.8 Å². The van der Waals surface area contributed by atoms with Gasteiger partial charge in [0.2, 0.25) is 11.8 Å². The van der Waals surface area contributed by atoms with Crippen molar-refractivity contribution in [2.75, 3.05) is 84.8 Å². The molecule has 4 aliphatic rings. The number of esters is 1. The fourth-order valence-corrected chi connectivity index (χ4v) is 11.6. The summed E-state index contributed by atoms with van der Waals surface area (Å²) in [7, 11) is 3.63. The highest BCUT2D eigenvalue weighted by molar-refractivity contribution is 6.27. The van der Waals surface area contributed by atoms with Crippen LogP contribution in [0.2, 0.25) is 0 Å². The Bertz CT molecular complexity index is 2440. The zero-order chi connectivity index (χ0) is 51.4. The summed E-state index contributed by atoms with van der Waals surface area (Å²) in [6.45, 7) is 23.1. The van der Waals surface area contributed by atoms with E-state index in [0.717, 1.165) is 58.7 Å². The van der Waals surface area contributed by atoms with Crippen LogP contribution in [0.25, 0.3) is 22.2 Å². The Morgan fingerprint density at radius 3 is 2.49 bits per heavy atom. The summed E-state index contributed by atoms with van der Waals surface area (Å²) in [5.41, 5.74) is 9.06. The van der Waals surface area contributed by atoms with E-state index in [-0.39, 0.29) is 68.1 Å². The molecule has 0 saturated carbocycles. The Hall–Kier alpha value is -5.34. The molecule has 0 aliphatic carbocycles. The average molecular weight is 1000 g/mol. The summed E-state index contributed by atoms with van der Waals surface area (Å²) in [5, 5.41) is 4.46. The number of likely N-dealkylation sites (tertiary alicyclic amines) is 1. The lowest BCUT2D eigenvalue weighted by Crippen LogP contribution is -2.67. The Morgan fingerprint density at radius 2 is 1.82 bits per heavy atom. The van der Waals surface area contributed by atoms with Crippen molar-refractivity contribution in [3.8, 4) is 11.3 Å². The average Bonchev–Trinajstić information content (AvgIpc) is 3.95. The van der Waals surface area contributed by atoms with Gasteiger partial charge < -0.3 is 48.4 Å². The Labute approximate surface area is 422 Å². The topological polar surface area (TPSA) is 180 Å². The normalized spacial score (nSPS) is 22.0. The molecule has 4 saturated heterocycles. The van der Waals surface area contributed by atoms with Crippen molar-refractivity contribution < 1.29 is 42.9 Å². The van der Waals surface area contributed by atoms with E-state index in [0.29, 0.717) is 62.4 Å². The molecule has 6 atom stereocenters. The lowest BCUT2D eigenvalue weighted by atomic mass is 9.84. The van der Waals surface area contributed by atoms with Gasteiger partial charge in [0.1, 0.15) is 17.2 Å². The minimum absolute atomic E-state index is 0.134. The van der Waals surface area contributed by atoms with Crippen LogP contribution in [0.1, 0.15) is 85.1 Å². The molecule has 4 fully saturated rings. The Kier molecular flexibility index (Phi) is 17.0. The standard InChI is InChI=1S/C52H77N9O9Si/c1-11-39(54-47(63)45(33(4)5)56(9)50(66)58-30-41-42(31-58)69-27-24-60(41)43(62)12-2)48(64)61-21-15-19-52(71,55-61)49(65)70-32-51(7,8)29-38-37-28-35(57-22-25-68-26-23-57)17-18-40(37)59(13-3)46(38)36-16-14-20-53-44(36)34(6)67-10/h12,14,16-18,20,28,33-34,39,41-42,45,55H,2,11,13,15,19,21-27,29-32H2,1,3-10,71H3,(H,54,63)/t34-,39-,41+,42-,45-,52-/m0/s1. The molecule has 7 rings (SSSR count). The summed E-state index contributed by atoms with van der Waals surface area (Å²) >= 11 is 0. The minimum atomic E-state index is -1.08. The van der Waals surface area contributed by atoms with Crippen molar-refractivity contribution in [2.24, 2.45) is 11.3 Å². The number of hydrogen-bond donors (Lipinski definition) is 2. The molecule has 0 bridgehead atoms. The number of aromatic nitrogens is 2. The molecule has 1 aromatic carbocycles. The number of nitrogens with one attached hydrogen (secondary N) is 2. The van der Waals surface area contributed by atoms with Crippen LogP contribution >= 0.6 is 0 Å². The Morgan fingerprint density at radius 1 is 1.07 bits per heavy atom. The number of likely N-dealkylation sites (N-methyl/N-ethyl adjacent to an activating group) is 1. The molecular weight excluding hydrogens is 923 g/mol. The lowest BCUT2D eigenvalue weighted by molar-refractivity contribution is -0.158. The van der Waals surface area contributed by atoms with Gasteiger partial charge in [0.15, 0.2) is 0 Å². The smallest absolute Gasteiger partial charge is 0.323 e. The molecule has 4 aliphatic heterocycles. The highest BCUT2D eigenvalue weighted by Gasteiger charge is 2.46. The van der Waals surface area contributed by atoms with Crippen molar-refractivity contribution >= 4 is 56.6 Å². The van der Waals surface area contributed by atoms with Gasteiger partial charge in [0.05, 0.1) is 62.6 Å². The van der Waals surface area contributed by atoms with Gasteiger partial charge in [-0.25, -0.2) is 10.2 Å². The van der Waals surface area contributed by atoms with E-state index in [1.807, 2.05) is 33.8 Å². The van der Waals surface area contributed by atoms with E-state index in [9.17, 15) is 24.0 Å². The molecule has 3 aromatic rings. The van der Waals surface area contributed by atoms with Crippen LogP contribution in [-0.4, -0.2) is 178 Å². The third-order valence-electron chi connectivity index (χ3n) is 14.8. The van der Waals surface area contributed by atoms with Crippen LogP contribution in [0, 0.1) is 11.3 Å². The van der Waals surface area contributed by atoms with Gasteiger partial charge in [-0.15, -0.1) is 0 Å². The van der Waals surface area contributed by atoms with Gasteiger partial charge in [0.25, 0.3) is 5.91 Å². The number of nitrogens with zero attached hydrogens (tertiary/aromatic N) is 7. The van der Waals surface area contributed by atoms with Gasteiger partial charge in [-0.3, -0.25) is 29.2 Å². The molecule has 0 radical (unpaired) electrons. The number of morpholine rings is 2. The zero-order valence-electron chi connectivity index (χ0n) is 43.6. The first-order chi connectivity index (χ1) is 33.9.